The number of allylic oxidation sites excluding steroid dienone is 2. The zero-order valence-corrected chi connectivity index (χ0v) is 42.2. The summed E-state index contributed by atoms with van der Waals surface area (Å²) in [6.07, 6.45) is 11.6. The summed E-state index contributed by atoms with van der Waals surface area (Å²) < 4.78 is 1.18. The number of fused-ring (bicyclic) bond motifs is 5. The number of aryl methyl sites for hydroxylation is 4. The summed E-state index contributed by atoms with van der Waals surface area (Å²) in [5.74, 6) is 0. The van der Waals surface area contributed by atoms with Crippen LogP contribution in [0.1, 0.15) is 115 Å². The van der Waals surface area contributed by atoms with E-state index in [1.54, 1.807) is 0 Å². The summed E-state index contributed by atoms with van der Waals surface area (Å²) >= 11 is -5.64. The normalized spacial score (nSPS) is 17.5. The van der Waals surface area contributed by atoms with E-state index < -0.39 is 25.9 Å². The molecule has 305 valence electrons. The third kappa shape index (κ3) is 6.61. The molecule has 2 aliphatic carbocycles. The van der Waals surface area contributed by atoms with Gasteiger partial charge in [-0.2, -0.15) is 0 Å². The van der Waals surface area contributed by atoms with Gasteiger partial charge in [-0.3, -0.25) is 0 Å². The molecule has 4 heteroatoms. The fourth-order valence-corrected chi connectivity index (χ4v) is 39.5. The third-order valence-corrected chi connectivity index (χ3v) is 37.4. The van der Waals surface area contributed by atoms with E-state index in [0.717, 1.165) is 38.5 Å². The minimum absolute atomic E-state index is 0.0701. The van der Waals surface area contributed by atoms with Crippen LogP contribution in [0.5, 0.6) is 0 Å². The molecule has 2 atom stereocenters. The Kier molecular flexibility index (Phi) is 11.1. The molecular formula is C56H59Cl2SiZr. The van der Waals surface area contributed by atoms with E-state index in [9.17, 15) is 17.0 Å². The zero-order chi connectivity index (χ0) is 42.1. The van der Waals surface area contributed by atoms with Crippen LogP contribution in [0.2, 0.25) is 0 Å². The molecule has 1 aliphatic heterocycles. The Balaban J connectivity index is 1.38. The molecule has 0 radical (unpaired) electrons. The molecule has 3 aliphatic rings. The summed E-state index contributed by atoms with van der Waals surface area (Å²) in [6, 6.07) is 39.7. The maximum absolute atomic E-state index is 9.44. The monoisotopic (exact) mass is 919 g/mol. The van der Waals surface area contributed by atoms with Crippen LogP contribution < -0.4 is 13.6 Å². The van der Waals surface area contributed by atoms with Crippen LogP contribution in [-0.4, -0.2) is 9.52 Å². The van der Waals surface area contributed by atoms with E-state index in [0.29, 0.717) is 0 Å². The Morgan fingerprint density at radius 1 is 0.517 bits per heavy atom. The van der Waals surface area contributed by atoms with Gasteiger partial charge in [0.2, 0.25) is 0 Å². The van der Waals surface area contributed by atoms with Crippen LogP contribution in [0.4, 0.5) is 0 Å². The summed E-state index contributed by atoms with van der Waals surface area (Å²) in [7, 11) is 18.0. The van der Waals surface area contributed by atoms with Crippen LogP contribution >= 0.6 is 17.0 Å². The number of rotatable bonds is 11. The van der Waals surface area contributed by atoms with Crippen molar-refractivity contribution in [3.8, 4) is 33.4 Å². The second kappa shape index (κ2) is 16.0. The molecule has 0 nitrogen and oxygen atoms in total. The first-order valence-corrected chi connectivity index (χ1v) is 34.3. The van der Waals surface area contributed by atoms with E-state index in [-0.39, 0.29) is 7.25 Å². The van der Waals surface area contributed by atoms with Crippen molar-refractivity contribution in [1.82, 2.24) is 0 Å². The molecule has 6 aromatic carbocycles. The van der Waals surface area contributed by atoms with Gasteiger partial charge in [0.15, 0.2) is 0 Å². The Morgan fingerprint density at radius 2 is 0.983 bits per heavy atom. The summed E-state index contributed by atoms with van der Waals surface area (Å²) in [5.41, 5.74) is 24.2. The first-order chi connectivity index (χ1) is 28.8. The molecule has 0 amide bonds. The molecule has 0 saturated carbocycles. The predicted octanol–water partition coefficient (Wildman–Crippen LogP) is 14.3. The molecule has 2 unspecified atom stereocenters. The van der Waals surface area contributed by atoms with Crippen molar-refractivity contribution in [2.75, 3.05) is 0 Å². The average molecular weight is 922 g/mol. The van der Waals surface area contributed by atoms with Gasteiger partial charge in [-0.25, -0.2) is 0 Å². The van der Waals surface area contributed by atoms with Crippen LogP contribution in [0.25, 0.3) is 45.5 Å². The van der Waals surface area contributed by atoms with Crippen LogP contribution in [0, 0.1) is 41.5 Å². The number of benzene rings is 6. The molecule has 0 bridgehead atoms. The van der Waals surface area contributed by atoms with Gasteiger partial charge in [0.1, 0.15) is 0 Å². The van der Waals surface area contributed by atoms with Crippen molar-refractivity contribution >= 4 is 52.3 Å². The number of halogens is 2. The molecule has 6 aromatic rings. The maximum atomic E-state index is 9.44. The van der Waals surface area contributed by atoms with Crippen LogP contribution in [0.3, 0.4) is 0 Å². The van der Waals surface area contributed by atoms with Gasteiger partial charge in [0.25, 0.3) is 0 Å². The number of unbranched alkanes of at least 4 members (excludes halogenated alkanes) is 2. The third-order valence-electron chi connectivity index (χ3n) is 14.6. The standard InChI is InChI=1S/2C22H25.C12H9Si.2ClH.Zr/c2*1-5-6-8-18-13-19-9-7-10-20(22(19)14-18)21-12-15(2)11-16(3)17(21)4;1-3-7-11-9(5-1)10-6-2-4-8-12(10)13-11;;;/h2*7,9-14H,5-6,8H2,1-4H3;1-7H,13H2;2*1H;/q;;;;;+2/p-2. The molecule has 0 saturated heterocycles. The molecule has 1 heterocycles. The second-order valence-corrected chi connectivity index (χ2v) is 40.9. The molecule has 0 fully saturated rings. The molecule has 9 rings (SSSR count). The fourth-order valence-electron chi connectivity index (χ4n) is 11.6. The average Bonchev–Trinajstić information content (AvgIpc) is 3.94. The van der Waals surface area contributed by atoms with E-state index >= 15 is 0 Å². The first-order valence-electron chi connectivity index (χ1n) is 22.5. The molecular weight excluding hydrogens is 863 g/mol. The van der Waals surface area contributed by atoms with Gasteiger partial charge in [0, 0.05) is 0 Å². The van der Waals surface area contributed by atoms with Crippen molar-refractivity contribution in [2.45, 2.75) is 101 Å². The van der Waals surface area contributed by atoms with E-state index in [2.05, 4.69) is 171 Å². The Labute approximate surface area is 370 Å². The summed E-state index contributed by atoms with van der Waals surface area (Å²) in [4.78, 5) is 0. The Bertz CT molecular complexity index is 2650. The van der Waals surface area contributed by atoms with E-state index in [1.807, 2.05) is 0 Å². The van der Waals surface area contributed by atoms with Crippen LogP contribution in [0.15, 0.2) is 114 Å². The molecule has 0 N–H and O–H groups in total. The second-order valence-electron chi connectivity index (χ2n) is 18.5. The van der Waals surface area contributed by atoms with Crippen LogP contribution in [-0.2, 0) is 16.4 Å². The van der Waals surface area contributed by atoms with E-state index in [4.69, 9.17) is 0 Å². The van der Waals surface area contributed by atoms with Crippen molar-refractivity contribution in [3.05, 3.63) is 170 Å². The Hall–Kier alpha value is -3.52. The van der Waals surface area contributed by atoms with Gasteiger partial charge in [-0.05, 0) is 0 Å². The minimum atomic E-state index is -5.64. The summed E-state index contributed by atoms with van der Waals surface area (Å²) in [5, 5.41) is 3.00. The topological polar surface area (TPSA) is 0 Å². The zero-order valence-electron chi connectivity index (χ0n) is 36.8. The first kappa shape index (κ1) is 41.8. The van der Waals surface area contributed by atoms with Crippen molar-refractivity contribution < 1.29 is 16.4 Å². The SMILES string of the molecule is CCCCC1=Cc2c(-c3cc(C)cc(C)c3C)cccc2[CH]1[Zr]([Cl])([Cl])([c]1cccc2c1[SiH2]c1ccccc1-2)[CH]1C(CCCC)=Cc2c(-c3cc(C)cc(C)c3C)cccc21. The van der Waals surface area contributed by atoms with Crippen molar-refractivity contribution in [1.29, 1.82) is 0 Å². The van der Waals surface area contributed by atoms with Gasteiger partial charge in [-0.15, -0.1) is 0 Å². The van der Waals surface area contributed by atoms with Crippen molar-refractivity contribution in [3.63, 3.8) is 0 Å². The molecule has 0 aromatic heterocycles. The van der Waals surface area contributed by atoms with Gasteiger partial charge < -0.3 is 0 Å². The fraction of sp³-hybridized carbons (Fsp3) is 0.286. The van der Waals surface area contributed by atoms with Gasteiger partial charge in [-0.1, -0.05) is 0 Å². The summed E-state index contributed by atoms with van der Waals surface area (Å²) in [6.45, 7) is 18.2. The number of hydrogen-bond acceptors (Lipinski definition) is 0. The quantitative estimate of drug-likeness (QED) is 0.113. The predicted molar refractivity (Wildman–Crippen MR) is 264 cm³/mol. The van der Waals surface area contributed by atoms with Gasteiger partial charge in [0.05, 0.1) is 0 Å². The van der Waals surface area contributed by atoms with E-state index in [1.165, 1.54) is 114 Å². The molecule has 60 heavy (non-hydrogen) atoms. The van der Waals surface area contributed by atoms with Gasteiger partial charge >= 0.3 is 373 Å². The molecule has 0 spiro atoms. The Morgan fingerprint density at radius 3 is 1.50 bits per heavy atom. The number of hydrogen-bond donors (Lipinski definition) is 0. The van der Waals surface area contributed by atoms with Crippen molar-refractivity contribution in [2.24, 2.45) is 0 Å².